The van der Waals surface area contributed by atoms with Gasteiger partial charge in [0.2, 0.25) is 0 Å². The van der Waals surface area contributed by atoms with Crippen LogP contribution in [0.25, 0.3) is 0 Å². The quantitative estimate of drug-likeness (QED) is 0.621. The molecule has 0 N–H and O–H groups in total. The molecular formula is C21H23NO. The van der Waals surface area contributed by atoms with E-state index in [-0.39, 0.29) is 0 Å². The van der Waals surface area contributed by atoms with Crippen LogP contribution in [-0.4, -0.2) is 11.4 Å². The second-order valence-corrected chi connectivity index (χ2v) is 5.94. The van der Waals surface area contributed by atoms with Crippen molar-refractivity contribution in [3.05, 3.63) is 95.4 Å². The predicted molar refractivity (Wildman–Crippen MR) is 94.1 cm³/mol. The van der Waals surface area contributed by atoms with Gasteiger partial charge in [0, 0.05) is 13.1 Å². The topological polar surface area (TPSA) is 16.4 Å². The van der Waals surface area contributed by atoms with Gasteiger partial charge in [-0.05, 0) is 36.6 Å². The Morgan fingerprint density at radius 1 is 0.739 bits per heavy atom. The monoisotopic (exact) mass is 305 g/mol. The molecule has 2 aromatic carbocycles. The van der Waals surface area contributed by atoms with Gasteiger partial charge in [0.25, 0.3) is 0 Å². The maximum Gasteiger partial charge on any atom is 0.118 e. The SMILES string of the molecule is Cc1ccc(CN(CCc2ccccc2)Cc2ccccc2)o1. The molecule has 3 rings (SSSR count). The fourth-order valence-corrected chi connectivity index (χ4v) is 2.78. The number of hydrogen-bond donors (Lipinski definition) is 0. The van der Waals surface area contributed by atoms with E-state index in [9.17, 15) is 0 Å². The summed E-state index contributed by atoms with van der Waals surface area (Å²) in [5.74, 6) is 2.01. The number of benzene rings is 2. The molecule has 0 aliphatic carbocycles. The molecule has 0 spiro atoms. The van der Waals surface area contributed by atoms with Gasteiger partial charge in [-0.1, -0.05) is 60.7 Å². The molecule has 0 amide bonds. The summed E-state index contributed by atoms with van der Waals surface area (Å²) in [4.78, 5) is 2.45. The van der Waals surface area contributed by atoms with Crippen molar-refractivity contribution in [2.45, 2.75) is 26.4 Å². The molecule has 2 nitrogen and oxygen atoms in total. The van der Waals surface area contributed by atoms with Crippen LogP contribution < -0.4 is 0 Å². The minimum absolute atomic E-state index is 0.843. The molecule has 0 fully saturated rings. The summed E-state index contributed by atoms with van der Waals surface area (Å²) < 4.78 is 5.76. The first-order valence-corrected chi connectivity index (χ1v) is 8.15. The van der Waals surface area contributed by atoms with Crippen molar-refractivity contribution in [1.82, 2.24) is 4.90 Å². The second-order valence-electron chi connectivity index (χ2n) is 5.94. The van der Waals surface area contributed by atoms with Crippen LogP contribution in [0.15, 0.2) is 77.2 Å². The Hall–Kier alpha value is -2.32. The van der Waals surface area contributed by atoms with Gasteiger partial charge in [0.15, 0.2) is 0 Å². The van der Waals surface area contributed by atoms with E-state index in [0.29, 0.717) is 0 Å². The molecule has 0 saturated carbocycles. The van der Waals surface area contributed by atoms with Gasteiger partial charge in [-0.15, -0.1) is 0 Å². The maximum absolute atomic E-state index is 5.76. The van der Waals surface area contributed by atoms with Crippen LogP contribution in [0.5, 0.6) is 0 Å². The molecule has 0 unspecified atom stereocenters. The fraction of sp³-hybridized carbons (Fsp3) is 0.238. The van der Waals surface area contributed by atoms with Crippen LogP contribution in [0.2, 0.25) is 0 Å². The van der Waals surface area contributed by atoms with Crippen molar-refractivity contribution in [3.8, 4) is 0 Å². The van der Waals surface area contributed by atoms with E-state index < -0.39 is 0 Å². The molecule has 0 aliphatic rings. The summed E-state index contributed by atoms with van der Waals surface area (Å²) in [6.45, 7) is 4.79. The van der Waals surface area contributed by atoms with E-state index in [2.05, 4.69) is 71.6 Å². The van der Waals surface area contributed by atoms with E-state index in [4.69, 9.17) is 4.42 Å². The Morgan fingerprint density at radius 3 is 2.00 bits per heavy atom. The highest BCUT2D eigenvalue weighted by molar-refractivity contribution is 5.17. The summed E-state index contributed by atoms with van der Waals surface area (Å²) in [5, 5.41) is 0. The lowest BCUT2D eigenvalue weighted by atomic mass is 10.1. The zero-order chi connectivity index (χ0) is 15.9. The van der Waals surface area contributed by atoms with Gasteiger partial charge in [-0.25, -0.2) is 0 Å². The van der Waals surface area contributed by atoms with Crippen molar-refractivity contribution in [2.75, 3.05) is 6.54 Å². The third kappa shape index (κ3) is 4.83. The Labute approximate surface area is 138 Å². The molecule has 1 heterocycles. The Bertz CT molecular complexity index is 703. The van der Waals surface area contributed by atoms with Gasteiger partial charge in [-0.2, -0.15) is 0 Å². The van der Waals surface area contributed by atoms with Gasteiger partial charge in [0.1, 0.15) is 11.5 Å². The average molecular weight is 305 g/mol. The average Bonchev–Trinajstić information content (AvgIpc) is 2.99. The van der Waals surface area contributed by atoms with E-state index in [1.807, 2.05) is 13.0 Å². The maximum atomic E-state index is 5.76. The Kier molecular flexibility index (Phi) is 5.28. The molecule has 2 heteroatoms. The lowest BCUT2D eigenvalue weighted by Gasteiger charge is -2.21. The van der Waals surface area contributed by atoms with Crippen molar-refractivity contribution < 1.29 is 4.42 Å². The molecule has 0 saturated heterocycles. The third-order valence-electron chi connectivity index (χ3n) is 3.98. The standard InChI is InChI=1S/C21H23NO/c1-18-12-13-21(23-18)17-22(16-20-10-6-3-7-11-20)15-14-19-8-4-2-5-9-19/h2-13H,14-17H2,1H3. The first kappa shape index (κ1) is 15.6. The van der Waals surface area contributed by atoms with Gasteiger partial charge in [0.05, 0.1) is 6.54 Å². The van der Waals surface area contributed by atoms with Crippen LogP contribution in [0.4, 0.5) is 0 Å². The number of hydrogen-bond acceptors (Lipinski definition) is 2. The summed E-state index contributed by atoms with van der Waals surface area (Å²) in [6, 6.07) is 25.4. The minimum atomic E-state index is 0.843. The van der Waals surface area contributed by atoms with Crippen molar-refractivity contribution in [2.24, 2.45) is 0 Å². The molecular weight excluding hydrogens is 282 g/mol. The first-order chi connectivity index (χ1) is 11.3. The first-order valence-electron chi connectivity index (χ1n) is 8.15. The Morgan fingerprint density at radius 2 is 1.39 bits per heavy atom. The van der Waals surface area contributed by atoms with Crippen LogP contribution in [0, 0.1) is 6.92 Å². The lowest BCUT2D eigenvalue weighted by Crippen LogP contribution is -2.25. The number of furan rings is 1. The summed E-state index contributed by atoms with van der Waals surface area (Å²) in [5.41, 5.74) is 2.71. The summed E-state index contributed by atoms with van der Waals surface area (Å²) in [7, 11) is 0. The zero-order valence-electron chi connectivity index (χ0n) is 13.6. The highest BCUT2D eigenvalue weighted by atomic mass is 16.3. The number of aryl methyl sites for hydroxylation is 1. The highest BCUT2D eigenvalue weighted by Gasteiger charge is 2.10. The van der Waals surface area contributed by atoms with Crippen LogP contribution in [0.1, 0.15) is 22.6 Å². The minimum Gasteiger partial charge on any atom is -0.465 e. The Balaban J connectivity index is 1.67. The second kappa shape index (κ2) is 7.80. The normalized spacial score (nSPS) is 11.0. The van der Waals surface area contributed by atoms with Crippen LogP contribution >= 0.6 is 0 Å². The van der Waals surface area contributed by atoms with Crippen molar-refractivity contribution >= 4 is 0 Å². The van der Waals surface area contributed by atoms with Crippen molar-refractivity contribution in [3.63, 3.8) is 0 Å². The summed E-state index contributed by atoms with van der Waals surface area (Å²) >= 11 is 0. The molecule has 118 valence electrons. The van der Waals surface area contributed by atoms with Crippen molar-refractivity contribution in [1.29, 1.82) is 0 Å². The van der Waals surface area contributed by atoms with Gasteiger partial charge < -0.3 is 4.42 Å². The van der Waals surface area contributed by atoms with E-state index in [0.717, 1.165) is 37.6 Å². The highest BCUT2D eigenvalue weighted by Crippen LogP contribution is 2.14. The molecule has 0 aliphatic heterocycles. The number of nitrogens with zero attached hydrogens (tertiary/aromatic N) is 1. The third-order valence-corrected chi connectivity index (χ3v) is 3.98. The zero-order valence-corrected chi connectivity index (χ0v) is 13.6. The molecule has 0 radical (unpaired) electrons. The fourth-order valence-electron chi connectivity index (χ4n) is 2.78. The molecule has 3 aromatic rings. The molecule has 1 aromatic heterocycles. The largest absolute Gasteiger partial charge is 0.465 e. The molecule has 0 bridgehead atoms. The van der Waals surface area contributed by atoms with Crippen LogP contribution in [0.3, 0.4) is 0 Å². The molecule has 0 atom stereocenters. The van der Waals surface area contributed by atoms with Gasteiger partial charge >= 0.3 is 0 Å². The van der Waals surface area contributed by atoms with E-state index >= 15 is 0 Å². The van der Waals surface area contributed by atoms with Gasteiger partial charge in [-0.3, -0.25) is 4.90 Å². The summed E-state index contributed by atoms with van der Waals surface area (Å²) in [6.07, 6.45) is 1.05. The number of rotatable bonds is 7. The predicted octanol–water partition coefficient (Wildman–Crippen LogP) is 4.83. The molecule has 23 heavy (non-hydrogen) atoms. The van der Waals surface area contributed by atoms with Crippen LogP contribution in [-0.2, 0) is 19.5 Å². The lowest BCUT2D eigenvalue weighted by molar-refractivity contribution is 0.236. The van der Waals surface area contributed by atoms with E-state index in [1.54, 1.807) is 0 Å². The smallest absolute Gasteiger partial charge is 0.118 e. The van der Waals surface area contributed by atoms with E-state index in [1.165, 1.54) is 11.1 Å².